The summed E-state index contributed by atoms with van der Waals surface area (Å²) < 4.78 is 12.7. The van der Waals surface area contributed by atoms with E-state index in [1.54, 1.807) is 13.0 Å². The third-order valence-electron chi connectivity index (χ3n) is 9.41. The summed E-state index contributed by atoms with van der Waals surface area (Å²) in [6.07, 6.45) is 5.28. The molecule has 3 saturated carbocycles. The van der Waals surface area contributed by atoms with Gasteiger partial charge < -0.3 is 14.6 Å². The van der Waals surface area contributed by atoms with Crippen LogP contribution in [0.2, 0.25) is 0 Å². The number of ketones is 2. The summed E-state index contributed by atoms with van der Waals surface area (Å²) in [6, 6.07) is 0. The van der Waals surface area contributed by atoms with Gasteiger partial charge in [0.25, 0.3) is 0 Å². The number of aliphatic hydroxyl groups is 1. The summed E-state index contributed by atoms with van der Waals surface area (Å²) in [7, 11) is 0. The van der Waals surface area contributed by atoms with E-state index >= 15 is 0 Å². The third kappa shape index (κ3) is 2.10. The number of ether oxygens (including phenoxy) is 2. The van der Waals surface area contributed by atoms with Crippen molar-refractivity contribution in [1.29, 1.82) is 0 Å². The maximum atomic E-state index is 12.9. The summed E-state index contributed by atoms with van der Waals surface area (Å²) in [5.41, 5.74) is -1.67. The zero-order chi connectivity index (χ0) is 20.8. The molecule has 0 amide bonds. The van der Waals surface area contributed by atoms with Gasteiger partial charge in [0.05, 0.1) is 11.7 Å². The number of hydrogen-bond acceptors (Lipinski definition) is 6. The Hall–Kier alpha value is -1.37. The molecule has 0 aromatic carbocycles. The van der Waals surface area contributed by atoms with E-state index in [0.717, 1.165) is 24.8 Å². The number of fused-ring (bicyclic) bond motifs is 3. The molecule has 29 heavy (non-hydrogen) atoms. The van der Waals surface area contributed by atoms with E-state index < -0.39 is 34.8 Å². The molecule has 1 unspecified atom stereocenters. The molecule has 4 aliphatic carbocycles. The van der Waals surface area contributed by atoms with Crippen molar-refractivity contribution < 1.29 is 29.0 Å². The number of carbonyl (C=O) groups excluding carboxylic acids is 3. The van der Waals surface area contributed by atoms with Crippen LogP contribution < -0.4 is 0 Å². The first kappa shape index (κ1) is 19.6. The zero-order valence-electron chi connectivity index (χ0n) is 17.4. The first-order valence-corrected chi connectivity index (χ1v) is 10.9. The van der Waals surface area contributed by atoms with Crippen LogP contribution in [0, 0.1) is 22.7 Å². The minimum atomic E-state index is -1.22. The molecule has 1 saturated heterocycles. The van der Waals surface area contributed by atoms with Gasteiger partial charge in [-0.25, -0.2) is 0 Å². The Morgan fingerprint density at radius 2 is 1.97 bits per heavy atom. The van der Waals surface area contributed by atoms with Crippen molar-refractivity contribution in [2.75, 3.05) is 0 Å². The summed E-state index contributed by atoms with van der Waals surface area (Å²) in [5.74, 6) is -0.333. The van der Waals surface area contributed by atoms with Crippen molar-refractivity contribution in [3.05, 3.63) is 11.6 Å². The molecule has 0 spiro atoms. The lowest BCUT2D eigenvalue weighted by atomic mass is 9.43. The monoisotopic (exact) mass is 402 g/mol. The van der Waals surface area contributed by atoms with Gasteiger partial charge in [-0.05, 0) is 68.8 Å². The van der Waals surface area contributed by atoms with Crippen LogP contribution >= 0.6 is 0 Å². The largest absolute Gasteiger partial charge is 0.393 e. The van der Waals surface area contributed by atoms with E-state index in [2.05, 4.69) is 6.92 Å². The fraction of sp³-hybridized carbons (Fsp3) is 0.783. The lowest BCUT2D eigenvalue weighted by molar-refractivity contribution is -0.372. The van der Waals surface area contributed by atoms with Crippen LogP contribution in [0.3, 0.4) is 0 Å². The first-order valence-electron chi connectivity index (χ1n) is 10.9. The number of carbonyl (C=O) groups is 3. The highest BCUT2D eigenvalue weighted by Gasteiger charge is 2.79. The Morgan fingerprint density at radius 1 is 1.21 bits per heavy atom. The number of aldehydes is 1. The van der Waals surface area contributed by atoms with E-state index in [4.69, 9.17) is 9.47 Å². The molecule has 6 nitrogen and oxygen atoms in total. The lowest BCUT2D eigenvalue weighted by Gasteiger charge is -2.67. The molecule has 4 fully saturated rings. The number of Topliss-reactive ketones (excluding diaryl/α,β-unsaturated/α-hetero) is 1. The quantitative estimate of drug-likeness (QED) is 0.564. The molecule has 0 aromatic rings. The second-order valence-corrected chi connectivity index (χ2v) is 10.3. The molecule has 1 aliphatic heterocycles. The smallest absolute Gasteiger partial charge is 0.227 e. The number of hydrogen-bond donors (Lipinski definition) is 1. The van der Waals surface area contributed by atoms with Gasteiger partial charge in [-0.1, -0.05) is 19.4 Å². The number of rotatable bonds is 2. The average molecular weight is 402 g/mol. The highest BCUT2D eigenvalue weighted by atomic mass is 16.7. The minimum absolute atomic E-state index is 0.0314. The predicted octanol–water partition coefficient (Wildman–Crippen LogP) is 2.51. The Bertz CT molecular complexity index is 833. The van der Waals surface area contributed by atoms with Crippen molar-refractivity contribution in [2.45, 2.75) is 89.3 Å². The molecule has 0 aromatic heterocycles. The number of allylic oxidation sites excluding steroid dienone is 1. The summed E-state index contributed by atoms with van der Waals surface area (Å²) in [4.78, 5) is 36.5. The minimum Gasteiger partial charge on any atom is -0.393 e. The summed E-state index contributed by atoms with van der Waals surface area (Å²) in [6.45, 7) is 5.96. The Balaban J connectivity index is 1.66. The van der Waals surface area contributed by atoms with Crippen LogP contribution in [0.5, 0.6) is 0 Å². The lowest BCUT2D eigenvalue weighted by Crippen LogP contribution is -2.74. The van der Waals surface area contributed by atoms with Gasteiger partial charge in [0.15, 0.2) is 18.4 Å². The summed E-state index contributed by atoms with van der Waals surface area (Å²) >= 11 is 0. The highest BCUT2D eigenvalue weighted by Crippen LogP contribution is 2.73. The van der Waals surface area contributed by atoms with Gasteiger partial charge in [-0.3, -0.25) is 14.4 Å². The molecule has 5 rings (SSSR count). The van der Waals surface area contributed by atoms with Crippen LogP contribution in [-0.4, -0.2) is 46.6 Å². The molecule has 5 aliphatic rings. The highest BCUT2D eigenvalue weighted by molar-refractivity contribution is 6.29. The van der Waals surface area contributed by atoms with Gasteiger partial charge in [-0.2, -0.15) is 0 Å². The van der Waals surface area contributed by atoms with Gasteiger partial charge in [0, 0.05) is 11.8 Å². The Labute approximate surface area is 171 Å². The van der Waals surface area contributed by atoms with E-state index in [1.807, 2.05) is 6.92 Å². The van der Waals surface area contributed by atoms with E-state index in [-0.39, 0.29) is 23.0 Å². The second-order valence-electron chi connectivity index (χ2n) is 10.3. The normalized spacial score (nSPS) is 53.4. The van der Waals surface area contributed by atoms with E-state index in [9.17, 15) is 19.5 Å². The second kappa shape index (κ2) is 5.86. The van der Waals surface area contributed by atoms with Crippen LogP contribution in [0.4, 0.5) is 0 Å². The first-order chi connectivity index (χ1) is 13.6. The molecule has 1 heterocycles. The van der Waals surface area contributed by atoms with E-state index in [0.29, 0.717) is 32.0 Å². The fourth-order valence-electron chi connectivity index (χ4n) is 8.21. The maximum absolute atomic E-state index is 12.9. The van der Waals surface area contributed by atoms with Crippen molar-refractivity contribution in [3.8, 4) is 0 Å². The zero-order valence-corrected chi connectivity index (χ0v) is 17.4. The molecule has 2 bridgehead atoms. The molecular weight excluding hydrogens is 372 g/mol. The van der Waals surface area contributed by atoms with Crippen molar-refractivity contribution in [2.24, 2.45) is 22.7 Å². The van der Waals surface area contributed by atoms with Gasteiger partial charge >= 0.3 is 0 Å². The average Bonchev–Trinajstić information content (AvgIpc) is 2.80. The molecule has 1 N–H and O–H groups in total. The molecule has 0 radical (unpaired) electrons. The van der Waals surface area contributed by atoms with E-state index in [1.165, 1.54) is 0 Å². The van der Waals surface area contributed by atoms with Crippen LogP contribution in [-0.2, 0) is 23.9 Å². The maximum Gasteiger partial charge on any atom is 0.227 e. The van der Waals surface area contributed by atoms with Crippen molar-refractivity contribution >= 4 is 17.9 Å². The standard InChI is InChI=1S/C23H30O6/c1-13-28-22-8-9-23(29-13,18(27)12-24)21(22,3)11-17(26)19-16(22)5-4-14-10-15(25)6-7-20(14,19)2/h10,12-13,16-17,19,26H,4-9,11H2,1-3H3/t13?,16-,17+,19-,20+,21+,22-,23-/m1/s1. The van der Waals surface area contributed by atoms with Crippen molar-refractivity contribution in [1.82, 2.24) is 0 Å². The predicted molar refractivity (Wildman–Crippen MR) is 103 cm³/mol. The SMILES string of the molecule is CC1O[C@@]2(C(=O)C=O)CC[C@@]3(O1)[C@@H]1CCC4=CC(=O)CC[C@]4(C)[C@H]1[C@@H](O)C[C@]23C. The van der Waals surface area contributed by atoms with Gasteiger partial charge in [0.2, 0.25) is 5.78 Å². The molecule has 8 atom stereocenters. The third-order valence-corrected chi connectivity index (χ3v) is 9.41. The van der Waals surface area contributed by atoms with Gasteiger partial charge in [0.1, 0.15) is 5.60 Å². The number of aliphatic hydroxyl groups excluding tert-OH is 1. The van der Waals surface area contributed by atoms with Crippen LogP contribution in [0.15, 0.2) is 11.6 Å². The Morgan fingerprint density at radius 3 is 2.69 bits per heavy atom. The molecular formula is C23H30O6. The van der Waals surface area contributed by atoms with Crippen LogP contribution in [0.1, 0.15) is 65.7 Å². The van der Waals surface area contributed by atoms with Gasteiger partial charge in [-0.15, -0.1) is 0 Å². The summed E-state index contributed by atoms with van der Waals surface area (Å²) in [5, 5.41) is 11.5. The topological polar surface area (TPSA) is 89.9 Å². The fourth-order valence-corrected chi connectivity index (χ4v) is 8.21. The Kier molecular flexibility index (Phi) is 3.96. The van der Waals surface area contributed by atoms with Crippen LogP contribution in [0.25, 0.3) is 0 Å². The molecule has 6 heteroatoms. The molecule has 158 valence electrons. The van der Waals surface area contributed by atoms with Crippen molar-refractivity contribution in [3.63, 3.8) is 0 Å².